The molecule has 0 spiro atoms. The Hall–Kier alpha value is -3.13. The summed E-state index contributed by atoms with van der Waals surface area (Å²) < 4.78 is 7.85. The molecule has 0 radical (unpaired) electrons. The molecular weight excluding hydrogens is 358 g/mol. The third-order valence-corrected chi connectivity index (χ3v) is 3.77. The van der Waals surface area contributed by atoms with Gasteiger partial charge in [-0.1, -0.05) is 29.8 Å². The number of rotatable bonds is 6. The van der Waals surface area contributed by atoms with Crippen molar-refractivity contribution in [1.82, 2.24) is 19.6 Å². The molecule has 0 aliphatic rings. The van der Waals surface area contributed by atoms with Crippen molar-refractivity contribution in [2.45, 2.75) is 13.1 Å². The summed E-state index contributed by atoms with van der Waals surface area (Å²) in [5.41, 5.74) is 1.79. The van der Waals surface area contributed by atoms with E-state index in [2.05, 4.69) is 15.5 Å². The molecule has 2 heterocycles. The van der Waals surface area contributed by atoms with Gasteiger partial charge in [-0.25, -0.2) is 4.79 Å². The number of anilines is 1. The summed E-state index contributed by atoms with van der Waals surface area (Å²) in [6.45, 7) is 0.416. The summed E-state index contributed by atoms with van der Waals surface area (Å²) in [6, 6.07) is 7.13. The minimum atomic E-state index is -0.404. The molecule has 0 saturated carbocycles. The molecule has 0 fully saturated rings. The van der Waals surface area contributed by atoms with E-state index in [0.717, 1.165) is 5.56 Å². The zero-order valence-corrected chi connectivity index (χ0v) is 14.7. The molecule has 0 bridgehead atoms. The van der Waals surface area contributed by atoms with Gasteiger partial charge in [-0.2, -0.15) is 10.2 Å². The van der Waals surface area contributed by atoms with E-state index in [9.17, 15) is 9.59 Å². The van der Waals surface area contributed by atoms with Gasteiger partial charge in [0, 0.05) is 12.4 Å². The van der Waals surface area contributed by atoms with Crippen LogP contribution in [0.2, 0.25) is 5.02 Å². The van der Waals surface area contributed by atoms with Crippen LogP contribution in [0.3, 0.4) is 0 Å². The highest BCUT2D eigenvalue weighted by molar-refractivity contribution is 6.30. The lowest BCUT2D eigenvalue weighted by molar-refractivity contribution is -0.116. The second kappa shape index (κ2) is 7.83. The first-order valence-electron chi connectivity index (χ1n) is 7.71. The van der Waals surface area contributed by atoms with Crippen LogP contribution in [-0.4, -0.2) is 38.5 Å². The van der Waals surface area contributed by atoms with Crippen LogP contribution in [-0.2, 0) is 22.6 Å². The van der Waals surface area contributed by atoms with Gasteiger partial charge in [-0.3, -0.25) is 14.2 Å². The van der Waals surface area contributed by atoms with Gasteiger partial charge in [0.1, 0.15) is 6.54 Å². The number of nitrogens with zero attached hydrogens (tertiary/aromatic N) is 4. The Bertz CT molecular complexity index is 934. The van der Waals surface area contributed by atoms with Crippen molar-refractivity contribution in [3.63, 3.8) is 0 Å². The molecule has 2 aromatic heterocycles. The molecule has 26 heavy (non-hydrogen) atoms. The Labute approximate surface area is 154 Å². The van der Waals surface area contributed by atoms with E-state index in [1.54, 1.807) is 29.2 Å². The van der Waals surface area contributed by atoms with Crippen LogP contribution in [0.15, 0.2) is 49.1 Å². The molecule has 0 unspecified atom stereocenters. The summed E-state index contributed by atoms with van der Waals surface area (Å²) in [4.78, 5) is 23.9. The lowest BCUT2D eigenvalue weighted by Gasteiger charge is -2.07. The SMILES string of the molecule is COC(=O)c1ccccc1Cn1cc(NC(=O)Cn2cc(Cl)cn2)cn1. The molecule has 0 aliphatic carbocycles. The lowest BCUT2D eigenvalue weighted by atomic mass is 10.1. The minimum Gasteiger partial charge on any atom is -0.465 e. The van der Waals surface area contributed by atoms with E-state index in [4.69, 9.17) is 16.3 Å². The number of ether oxygens (including phenoxy) is 1. The fourth-order valence-electron chi connectivity index (χ4n) is 2.43. The number of esters is 1. The molecule has 3 aromatic rings. The highest BCUT2D eigenvalue weighted by Gasteiger charge is 2.12. The van der Waals surface area contributed by atoms with Gasteiger partial charge in [0.25, 0.3) is 0 Å². The van der Waals surface area contributed by atoms with E-state index in [-0.39, 0.29) is 12.5 Å². The maximum atomic E-state index is 12.0. The number of amides is 1. The molecular formula is C17H16ClN5O3. The number of benzene rings is 1. The number of hydrogen-bond acceptors (Lipinski definition) is 5. The van der Waals surface area contributed by atoms with Crippen molar-refractivity contribution in [3.8, 4) is 0 Å². The summed E-state index contributed by atoms with van der Waals surface area (Å²) >= 11 is 5.77. The van der Waals surface area contributed by atoms with Crippen molar-refractivity contribution in [1.29, 1.82) is 0 Å². The number of methoxy groups -OCH3 is 1. The average Bonchev–Trinajstić information content (AvgIpc) is 3.23. The van der Waals surface area contributed by atoms with Gasteiger partial charge in [-0.05, 0) is 11.6 Å². The first kappa shape index (κ1) is 17.7. The van der Waals surface area contributed by atoms with E-state index in [1.165, 1.54) is 24.2 Å². The summed E-state index contributed by atoms with van der Waals surface area (Å²) in [5.74, 6) is -0.654. The van der Waals surface area contributed by atoms with Crippen LogP contribution in [0.5, 0.6) is 0 Å². The third-order valence-electron chi connectivity index (χ3n) is 3.58. The highest BCUT2D eigenvalue weighted by atomic mass is 35.5. The fraction of sp³-hybridized carbons (Fsp3) is 0.176. The van der Waals surface area contributed by atoms with Gasteiger partial charge in [0.2, 0.25) is 5.91 Å². The first-order valence-corrected chi connectivity index (χ1v) is 8.09. The third kappa shape index (κ3) is 4.28. The number of halogens is 1. The van der Waals surface area contributed by atoms with Crippen LogP contribution in [0.1, 0.15) is 15.9 Å². The summed E-state index contributed by atoms with van der Waals surface area (Å²) in [7, 11) is 1.34. The van der Waals surface area contributed by atoms with E-state index >= 15 is 0 Å². The molecule has 0 saturated heterocycles. The summed E-state index contributed by atoms with van der Waals surface area (Å²) in [5, 5.41) is 11.4. The van der Waals surface area contributed by atoms with Crippen LogP contribution in [0, 0.1) is 0 Å². The monoisotopic (exact) mass is 373 g/mol. The Morgan fingerprint density at radius 3 is 2.65 bits per heavy atom. The molecule has 1 aromatic carbocycles. The fourth-order valence-corrected chi connectivity index (χ4v) is 2.59. The van der Waals surface area contributed by atoms with Crippen molar-refractivity contribution in [2.24, 2.45) is 0 Å². The smallest absolute Gasteiger partial charge is 0.338 e. The lowest BCUT2D eigenvalue weighted by Crippen LogP contribution is -2.18. The van der Waals surface area contributed by atoms with Gasteiger partial charge in [0.15, 0.2) is 0 Å². The number of aromatic nitrogens is 4. The average molecular weight is 374 g/mol. The van der Waals surface area contributed by atoms with Crippen LogP contribution in [0.4, 0.5) is 5.69 Å². The Morgan fingerprint density at radius 1 is 1.15 bits per heavy atom. The molecule has 0 atom stereocenters. The molecule has 9 heteroatoms. The molecule has 134 valence electrons. The van der Waals surface area contributed by atoms with Crippen molar-refractivity contribution >= 4 is 29.2 Å². The summed E-state index contributed by atoms with van der Waals surface area (Å²) in [6.07, 6.45) is 6.25. The Balaban J connectivity index is 1.65. The number of nitrogens with one attached hydrogen (secondary N) is 1. The zero-order valence-electron chi connectivity index (χ0n) is 13.9. The van der Waals surface area contributed by atoms with Crippen molar-refractivity contribution < 1.29 is 14.3 Å². The Morgan fingerprint density at radius 2 is 1.92 bits per heavy atom. The molecule has 1 amide bonds. The number of carbonyl (C=O) groups excluding carboxylic acids is 2. The second-order valence-electron chi connectivity index (χ2n) is 5.48. The van der Waals surface area contributed by atoms with Gasteiger partial charge >= 0.3 is 5.97 Å². The predicted octanol–water partition coefficient (Wildman–Crippen LogP) is 2.21. The first-order chi connectivity index (χ1) is 12.5. The molecule has 8 nitrogen and oxygen atoms in total. The van der Waals surface area contributed by atoms with Gasteiger partial charge in [0.05, 0.1) is 42.3 Å². The molecule has 0 aliphatic heterocycles. The van der Waals surface area contributed by atoms with Crippen LogP contribution in [0.25, 0.3) is 0 Å². The van der Waals surface area contributed by atoms with Crippen LogP contribution < -0.4 is 5.32 Å². The van der Waals surface area contributed by atoms with E-state index in [0.29, 0.717) is 22.8 Å². The van der Waals surface area contributed by atoms with Gasteiger partial charge in [-0.15, -0.1) is 0 Å². The quantitative estimate of drug-likeness (QED) is 0.669. The topological polar surface area (TPSA) is 91.0 Å². The minimum absolute atomic E-state index is 0.0447. The number of carbonyl (C=O) groups is 2. The Kier molecular flexibility index (Phi) is 5.33. The molecule has 1 N–H and O–H groups in total. The van der Waals surface area contributed by atoms with Crippen molar-refractivity contribution in [2.75, 3.05) is 12.4 Å². The zero-order chi connectivity index (χ0) is 18.5. The number of hydrogen-bond donors (Lipinski definition) is 1. The standard InChI is InChI=1S/C17H16ClN5O3/c1-26-17(25)15-5-3-2-4-12(15)8-22-10-14(7-20-22)21-16(24)11-23-9-13(18)6-19-23/h2-7,9-10H,8,11H2,1H3,(H,21,24). The predicted molar refractivity (Wildman–Crippen MR) is 95.0 cm³/mol. The van der Waals surface area contributed by atoms with Gasteiger partial charge < -0.3 is 10.1 Å². The maximum absolute atomic E-state index is 12.0. The normalized spacial score (nSPS) is 10.5. The van der Waals surface area contributed by atoms with E-state index in [1.807, 2.05) is 12.1 Å². The van der Waals surface area contributed by atoms with Crippen molar-refractivity contribution in [3.05, 3.63) is 65.2 Å². The molecule has 3 rings (SSSR count). The van der Waals surface area contributed by atoms with Crippen LogP contribution >= 0.6 is 11.6 Å². The largest absolute Gasteiger partial charge is 0.465 e. The highest BCUT2D eigenvalue weighted by Crippen LogP contribution is 2.13. The second-order valence-corrected chi connectivity index (χ2v) is 5.92. The maximum Gasteiger partial charge on any atom is 0.338 e. The van der Waals surface area contributed by atoms with E-state index < -0.39 is 5.97 Å².